The van der Waals surface area contributed by atoms with Crippen molar-refractivity contribution in [1.82, 2.24) is 10.2 Å². The van der Waals surface area contributed by atoms with Crippen LogP contribution in [-0.2, 0) is 14.4 Å². The van der Waals surface area contributed by atoms with Crippen LogP contribution in [0.5, 0.6) is 0 Å². The van der Waals surface area contributed by atoms with Crippen molar-refractivity contribution in [2.24, 2.45) is 5.92 Å². The summed E-state index contributed by atoms with van der Waals surface area (Å²) < 4.78 is 0. The number of carbonyl (C=O) groups is 3. The Morgan fingerprint density at radius 3 is 2.25 bits per heavy atom. The summed E-state index contributed by atoms with van der Waals surface area (Å²) in [7, 11) is 1.51. The van der Waals surface area contributed by atoms with Crippen LogP contribution < -0.4 is 5.32 Å². The molecular formula is C11H20N2O3. The van der Waals surface area contributed by atoms with Gasteiger partial charge >= 0.3 is 0 Å². The van der Waals surface area contributed by atoms with E-state index in [2.05, 4.69) is 5.32 Å². The van der Waals surface area contributed by atoms with E-state index in [9.17, 15) is 14.4 Å². The number of carbonyl (C=O) groups excluding carboxylic acids is 3. The van der Waals surface area contributed by atoms with Gasteiger partial charge in [-0.05, 0) is 12.8 Å². The molecular weight excluding hydrogens is 208 g/mol. The zero-order chi connectivity index (χ0) is 12.7. The van der Waals surface area contributed by atoms with E-state index in [4.69, 9.17) is 0 Å². The van der Waals surface area contributed by atoms with Crippen molar-refractivity contribution in [2.75, 3.05) is 20.1 Å². The number of hydrogen-bond acceptors (Lipinski definition) is 3. The number of amides is 2. The summed E-state index contributed by atoms with van der Waals surface area (Å²) in [5, 5.41) is 2.70. The van der Waals surface area contributed by atoms with Crippen molar-refractivity contribution in [1.29, 1.82) is 0 Å². The lowest BCUT2D eigenvalue weighted by Gasteiger charge is -2.16. The van der Waals surface area contributed by atoms with E-state index in [1.165, 1.54) is 18.9 Å². The number of ketones is 1. The highest BCUT2D eigenvalue weighted by molar-refractivity contribution is 5.97. The Morgan fingerprint density at radius 1 is 1.25 bits per heavy atom. The molecule has 0 fully saturated rings. The Labute approximate surface area is 96.2 Å². The van der Waals surface area contributed by atoms with Crippen LogP contribution in [0.4, 0.5) is 0 Å². The molecule has 0 heterocycles. The first-order valence-electron chi connectivity index (χ1n) is 5.33. The summed E-state index contributed by atoms with van der Waals surface area (Å²) in [6.07, 6.45) is -0.145. The molecule has 92 valence electrons. The van der Waals surface area contributed by atoms with Crippen molar-refractivity contribution in [3.63, 3.8) is 0 Å². The summed E-state index contributed by atoms with van der Waals surface area (Å²) in [4.78, 5) is 34.7. The highest BCUT2D eigenvalue weighted by Crippen LogP contribution is 1.92. The van der Waals surface area contributed by atoms with Crippen molar-refractivity contribution < 1.29 is 14.4 Å². The summed E-state index contributed by atoms with van der Waals surface area (Å²) in [5.74, 6) is -0.345. The molecule has 0 aromatic rings. The maximum atomic E-state index is 11.4. The lowest BCUT2D eigenvalue weighted by atomic mass is 10.2. The van der Waals surface area contributed by atoms with E-state index in [1.54, 1.807) is 0 Å². The van der Waals surface area contributed by atoms with Crippen LogP contribution in [-0.4, -0.2) is 42.6 Å². The molecule has 0 saturated carbocycles. The molecule has 0 aliphatic rings. The van der Waals surface area contributed by atoms with Crippen molar-refractivity contribution in [2.45, 2.75) is 27.2 Å². The molecule has 0 rings (SSSR count). The van der Waals surface area contributed by atoms with E-state index >= 15 is 0 Å². The second kappa shape index (κ2) is 6.98. The minimum absolute atomic E-state index is 0.00116. The Kier molecular flexibility index (Phi) is 6.37. The summed E-state index contributed by atoms with van der Waals surface area (Å²) >= 11 is 0. The molecule has 0 spiro atoms. The zero-order valence-corrected chi connectivity index (χ0v) is 10.4. The molecule has 0 aliphatic heterocycles. The fourth-order valence-corrected chi connectivity index (χ4v) is 1.03. The van der Waals surface area contributed by atoms with Crippen LogP contribution in [0.2, 0.25) is 0 Å². The number of Topliss-reactive ketones (excluding diaryl/α,β-unsaturated/α-hetero) is 1. The van der Waals surface area contributed by atoms with Gasteiger partial charge in [-0.15, -0.1) is 0 Å². The van der Waals surface area contributed by atoms with Gasteiger partial charge < -0.3 is 10.2 Å². The topological polar surface area (TPSA) is 66.5 Å². The Morgan fingerprint density at radius 2 is 1.81 bits per heavy atom. The molecule has 0 atom stereocenters. The third kappa shape index (κ3) is 6.98. The lowest BCUT2D eigenvalue weighted by molar-refractivity contribution is -0.137. The van der Waals surface area contributed by atoms with Gasteiger partial charge in [0.05, 0.1) is 13.0 Å². The molecule has 0 aromatic carbocycles. The van der Waals surface area contributed by atoms with Crippen molar-refractivity contribution >= 4 is 17.6 Å². The van der Waals surface area contributed by atoms with Crippen LogP contribution in [0.15, 0.2) is 0 Å². The van der Waals surface area contributed by atoms with Gasteiger partial charge in [0.2, 0.25) is 11.8 Å². The van der Waals surface area contributed by atoms with Crippen LogP contribution >= 0.6 is 0 Å². The second-order valence-corrected chi connectivity index (χ2v) is 4.33. The normalized spacial score (nSPS) is 10.1. The molecule has 0 saturated heterocycles. The minimum Gasteiger partial charge on any atom is -0.354 e. The first kappa shape index (κ1) is 14.6. The SMILES string of the molecule is CC(=O)CC(=O)N(C)CC(=O)NCC(C)C. The molecule has 5 nitrogen and oxygen atoms in total. The van der Waals surface area contributed by atoms with Gasteiger partial charge in [-0.25, -0.2) is 0 Å². The predicted molar refractivity (Wildman–Crippen MR) is 60.8 cm³/mol. The fourth-order valence-electron chi connectivity index (χ4n) is 1.03. The largest absolute Gasteiger partial charge is 0.354 e. The molecule has 0 radical (unpaired) electrons. The molecule has 0 aliphatic carbocycles. The van der Waals surface area contributed by atoms with E-state index in [1.807, 2.05) is 13.8 Å². The highest BCUT2D eigenvalue weighted by Gasteiger charge is 2.14. The maximum absolute atomic E-state index is 11.4. The van der Waals surface area contributed by atoms with Crippen LogP contribution in [0, 0.1) is 5.92 Å². The van der Waals surface area contributed by atoms with Crippen LogP contribution in [0.1, 0.15) is 27.2 Å². The Bertz CT molecular complexity index is 274. The third-order valence-electron chi connectivity index (χ3n) is 1.91. The average Bonchev–Trinajstić information content (AvgIpc) is 2.13. The van der Waals surface area contributed by atoms with Gasteiger partial charge in [-0.2, -0.15) is 0 Å². The summed E-state index contributed by atoms with van der Waals surface area (Å²) in [6.45, 7) is 5.92. The van der Waals surface area contributed by atoms with Crippen molar-refractivity contribution in [3.05, 3.63) is 0 Å². The first-order valence-corrected chi connectivity index (χ1v) is 5.33. The molecule has 0 bridgehead atoms. The van der Waals surface area contributed by atoms with E-state index in [0.717, 1.165) is 0 Å². The number of likely N-dealkylation sites (N-methyl/N-ethyl adjacent to an activating group) is 1. The smallest absolute Gasteiger partial charge is 0.239 e. The average molecular weight is 228 g/mol. The van der Waals surface area contributed by atoms with E-state index in [-0.39, 0.29) is 30.6 Å². The lowest BCUT2D eigenvalue weighted by Crippen LogP contribution is -2.39. The fraction of sp³-hybridized carbons (Fsp3) is 0.727. The standard InChI is InChI=1S/C11H20N2O3/c1-8(2)6-12-10(15)7-13(4)11(16)5-9(3)14/h8H,5-7H2,1-4H3,(H,12,15). The van der Waals surface area contributed by atoms with Crippen LogP contribution in [0.25, 0.3) is 0 Å². The Hall–Kier alpha value is -1.39. The van der Waals surface area contributed by atoms with Gasteiger partial charge in [0.25, 0.3) is 0 Å². The van der Waals surface area contributed by atoms with Crippen LogP contribution in [0.3, 0.4) is 0 Å². The Balaban J connectivity index is 3.94. The highest BCUT2D eigenvalue weighted by atomic mass is 16.2. The second-order valence-electron chi connectivity index (χ2n) is 4.33. The number of nitrogens with zero attached hydrogens (tertiary/aromatic N) is 1. The van der Waals surface area contributed by atoms with Gasteiger partial charge in [0.1, 0.15) is 5.78 Å². The number of nitrogens with one attached hydrogen (secondary N) is 1. The van der Waals surface area contributed by atoms with Gasteiger partial charge in [0, 0.05) is 13.6 Å². The van der Waals surface area contributed by atoms with Gasteiger partial charge in [-0.3, -0.25) is 14.4 Å². The third-order valence-corrected chi connectivity index (χ3v) is 1.91. The quantitative estimate of drug-likeness (QED) is 0.660. The summed E-state index contributed by atoms with van der Waals surface area (Å²) in [6, 6.07) is 0. The van der Waals surface area contributed by atoms with Crippen molar-refractivity contribution in [3.8, 4) is 0 Å². The predicted octanol–water partition coefficient (Wildman–Crippen LogP) is 0.196. The molecule has 16 heavy (non-hydrogen) atoms. The molecule has 2 amide bonds. The minimum atomic E-state index is -0.327. The van der Waals surface area contributed by atoms with Gasteiger partial charge in [0.15, 0.2) is 0 Å². The zero-order valence-electron chi connectivity index (χ0n) is 10.4. The van der Waals surface area contributed by atoms with E-state index in [0.29, 0.717) is 12.5 Å². The summed E-state index contributed by atoms with van der Waals surface area (Å²) in [5.41, 5.74) is 0. The van der Waals surface area contributed by atoms with E-state index < -0.39 is 0 Å². The monoisotopic (exact) mass is 228 g/mol. The molecule has 0 unspecified atom stereocenters. The maximum Gasteiger partial charge on any atom is 0.239 e. The first-order chi connectivity index (χ1) is 7.32. The molecule has 5 heteroatoms. The number of rotatable bonds is 6. The molecule has 0 aromatic heterocycles. The number of hydrogen-bond donors (Lipinski definition) is 1. The molecule has 1 N–H and O–H groups in total. The van der Waals surface area contributed by atoms with Gasteiger partial charge in [-0.1, -0.05) is 13.8 Å².